The summed E-state index contributed by atoms with van der Waals surface area (Å²) in [4.78, 5) is 69.9. The van der Waals surface area contributed by atoms with Gasteiger partial charge in [-0.3, -0.25) is 24.2 Å². The number of methoxy groups -OCH3 is 2. The van der Waals surface area contributed by atoms with Gasteiger partial charge in [0.25, 0.3) is 5.91 Å². The second-order valence-corrected chi connectivity index (χ2v) is 15.5. The average molecular weight is 766 g/mol. The quantitative estimate of drug-likeness (QED) is 0.122. The van der Waals surface area contributed by atoms with Crippen molar-refractivity contribution in [3.63, 3.8) is 0 Å². The van der Waals surface area contributed by atoms with E-state index in [-0.39, 0.29) is 43.6 Å². The van der Waals surface area contributed by atoms with Crippen LogP contribution in [0.2, 0.25) is 0 Å². The minimum absolute atomic E-state index is 0.0224. The summed E-state index contributed by atoms with van der Waals surface area (Å²) in [5.74, 6) is -2.05. The van der Waals surface area contributed by atoms with Gasteiger partial charge in [-0.15, -0.1) is 0 Å². The first kappa shape index (κ1) is 41.6. The Morgan fingerprint density at radius 3 is 2.21 bits per heavy atom. The maximum absolute atomic E-state index is 14.3. The number of amides is 1. The molecular formula is C44H55N5O7. The normalized spacial score (nSPS) is 15.4. The van der Waals surface area contributed by atoms with E-state index < -0.39 is 23.4 Å². The topological polar surface area (TPSA) is 165 Å². The molecule has 1 amide bonds. The van der Waals surface area contributed by atoms with Crippen LogP contribution in [0.3, 0.4) is 0 Å². The number of carbonyl (C=O) groups is 4. The molecule has 3 N–H and O–H groups in total. The number of hydrogen-bond donors (Lipinski definition) is 3. The number of carbonyl (C=O) groups excluding carboxylic acids is 4. The van der Waals surface area contributed by atoms with Crippen molar-refractivity contribution in [2.75, 3.05) is 20.8 Å². The van der Waals surface area contributed by atoms with Crippen LogP contribution in [-0.4, -0.2) is 70.1 Å². The molecule has 3 aromatic rings. The number of aromatic amines is 2. The van der Waals surface area contributed by atoms with E-state index in [1.54, 1.807) is 20.8 Å². The molecule has 0 aromatic carbocycles. The van der Waals surface area contributed by atoms with E-state index >= 15 is 0 Å². The number of aryl methyl sites for hydroxylation is 3. The molecular weight excluding hydrogens is 711 g/mol. The number of fused-ring (bicyclic) bond motifs is 8. The highest BCUT2D eigenvalue weighted by Crippen LogP contribution is 2.43. The molecule has 2 atom stereocenters. The molecule has 12 nitrogen and oxygen atoms in total. The van der Waals surface area contributed by atoms with E-state index in [4.69, 9.17) is 24.2 Å². The van der Waals surface area contributed by atoms with Gasteiger partial charge in [0.2, 0.25) is 0 Å². The van der Waals surface area contributed by atoms with Crippen molar-refractivity contribution < 1.29 is 33.4 Å². The summed E-state index contributed by atoms with van der Waals surface area (Å²) in [5, 5.41) is 2.92. The van der Waals surface area contributed by atoms with Crippen LogP contribution in [0.1, 0.15) is 134 Å². The summed E-state index contributed by atoms with van der Waals surface area (Å²) in [7, 11) is 2.69. The maximum atomic E-state index is 14.3. The summed E-state index contributed by atoms with van der Waals surface area (Å²) >= 11 is 0. The van der Waals surface area contributed by atoms with Crippen molar-refractivity contribution in [2.24, 2.45) is 0 Å². The highest BCUT2D eigenvalue weighted by Gasteiger charge is 2.34. The van der Waals surface area contributed by atoms with Gasteiger partial charge in [-0.1, -0.05) is 26.5 Å². The second-order valence-electron chi connectivity index (χ2n) is 15.5. The molecule has 2 aliphatic heterocycles. The van der Waals surface area contributed by atoms with Crippen molar-refractivity contribution in [3.8, 4) is 0 Å². The third-order valence-electron chi connectivity index (χ3n) is 10.7. The molecule has 0 aliphatic carbocycles. The first-order chi connectivity index (χ1) is 26.5. The van der Waals surface area contributed by atoms with Crippen molar-refractivity contribution in [1.82, 2.24) is 25.3 Å². The van der Waals surface area contributed by atoms with Gasteiger partial charge in [-0.2, -0.15) is 0 Å². The third-order valence-corrected chi connectivity index (χ3v) is 10.7. The second kappa shape index (κ2) is 17.1. The Labute approximate surface area is 328 Å². The number of rotatable bonds is 12. The highest BCUT2D eigenvalue weighted by atomic mass is 16.6. The standard InChI is InChI=1S/C44H55N5O7/c1-12-27-23(3)31-20-33-25(5)29(15-14-16-37(50)54-10)41(48-33)30(19-39(52)55-11)42-40(43(53)45-18-17-38(51)56-44(7,8)9)26(6)34(49-42)22-36-28(13-2)24(4)32(47-36)21-35(27)46-31/h12,20-22,25,29,47,49H,1,13-19H2,2-11H3,(H,45,53)/t25-,29-/m0/s1. The first-order valence-corrected chi connectivity index (χ1v) is 19.2. The maximum Gasteiger partial charge on any atom is 0.310 e. The number of aromatic nitrogens is 4. The zero-order valence-electron chi connectivity index (χ0n) is 34.4. The van der Waals surface area contributed by atoms with Gasteiger partial charge in [0.05, 0.1) is 55.2 Å². The molecule has 298 valence electrons. The van der Waals surface area contributed by atoms with Gasteiger partial charge in [-0.05, 0) is 101 Å². The summed E-state index contributed by atoms with van der Waals surface area (Å²) in [6.45, 7) is 19.6. The van der Waals surface area contributed by atoms with Gasteiger partial charge in [0, 0.05) is 58.2 Å². The summed E-state index contributed by atoms with van der Waals surface area (Å²) in [6, 6.07) is 6.02. The lowest BCUT2D eigenvalue weighted by atomic mass is 9.84. The number of hydrogen-bond acceptors (Lipinski definition) is 9. The molecule has 56 heavy (non-hydrogen) atoms. The van der Waals surface area contributed by atoms with E-state index in [2.05, 4.69) is 42.6 Å². The minimum atomic E-state index is -0.661. The Hall–Kier alpha value is -5.52. The van der Waals surface area contributed by atoms with E-state index in [0.29, 0.717) is 46.3 Å². The van der Waals surface area contributed by atoms with Crippen LogP contribution < -0.4 is 5.32 Å². The van der Waals surface area contributed by atoms with E-state index in [1.807, 2.05) is 38.1 Å². The van der Waals surface area contributed by atoms with Crippen molar-refractivity contribution in [1.29, 1.82) is 0 Å². The van der Waals surface area contributed by atoms with Crippen LogP contribution in [0, 0.1) is 13.8 Å². The Balaban J connectivity index is 1.88. The molecule has 0 fully saturated rings. The van der Waals surface area contributed by atoms with Crippen molar-refractivity contribution in [2.45, 2.75) is 111 Å². The van der Waals surface area contributed by atoms with E-state index in [0.717, 1.165) is 56.8 Å². The number of ether oxygens (including phenoxy) is 3. The highest BCUT2D eigenvalue weighted by molar-refractivity contribution is 6.06. The molecule has 5 rings (SSSR count). The molecule has 12 heteroatoms. The van der Waals surface area contributed by atoms with Crippen LogP contribution in [0.4, 0.5) is 0 Å². The Kier molecular flexibility index (Phi) is 12.7. The van der Waals surface area contributed by atoms with Crippen molar-refractivity contribution in [3.05, 3.63) is 81.4 Å². The number of nitrogens with zero attached hydrogens (tertiary/aromatic N) is 2. The molecule has 0 saturated heterocycles. The van der Waals surface area contributed by atoms with Crippen LogP contribution >= 0.6 is 0 Å². The molecule has 0 radical (unpaired) electrons. The first-order valence-electron chi connectivity index (χ1n) is 19.2. The summed E-state index contributed by atoms with van der Waals surface area (Å²) in [5.41, 5.74) is 10.7. The summed E-state index contributed by atoms with van der Waals surface area (Å²) < 4.78 is 15.6. The number of nitrogens with one attached hydrogen (secondary N) is 3. The largest absolute Gasteiger partial charge is 0.469 e. The van der Waals surface area contributed by atoms with Gasteiger partial charge in [0.1, 0.15) is 5.60 Å². The molecule has 0 spiro atoms. The predicted octanol–water partition coefficient (Wildman–Crippen LogP) is 8.02. The monoisotopic (exact) mass is 765 g/mol. The SMILES string of the molecule is C=CC1=C(C)c2cc3nc(c(CC(=O)OC)c4[nH]c(cc5[nH]c(cc1n2)c(C)c5CC)c(C)c4C(=O)NCCC(=O)OC(C)(C)C)[C@@H](CCCC(=O)OC)[C@@H]3C. The lowest BCUT2D eigenvalue weighted by Crippen LogP contribution is -2.30. The van der Waals surface area contributed by atoms with Gasteiger partial charge < -0.3 is 29.5 Å². The third kappa shape index (κ3) is 8.79. The van der Waals surface area contributed by atoms with Crippen LogP contribution in [-0.2, 0) is 41.4 Å². The van der Waals surface area contributed by atoms with E-state index in [9.17, 15) is 19.2 Å². The molecule has 0 unspecified atom stereocenters. The fraction of sp³-hybridized carbons (Fsp3) is 0.455. The van der Waals surface area contributed by atoms with Crippen LogP contribution in [0.25, 0.3) is 33.2 Å². The van der Waals surface area contributed by atoms with Gasteiger partial charge >= 0.3 is 17.9 Å². The zero-order valence-corrected chi connectivity index (χ0v) is 34.4. The van der Waals surface area contributed by atoms with Gasteiger partial charge in [-0.25, -0.2) is 4.98 Å². The molecule has 0 saturated carbocycles. The molecule has 8 bridgehead atoms. The fourth-order valence-electron chi connectivity index (χ4n) is 7.66. The van der Waals surface area contributed by atoms with Crippen LogP contribution in [0.15, 0.2) is 30.9 Å². The number of H-pyrrole nitrogens is 2. The Bertz CT molecular complexity index is 2270. The minimum Gasteiger partial charge on any atom is -0.469 e. The van der Waals surface area contributed by atoms with E-state index in [1.165, 1.54) is 14.2 Å². The summed E-state index contributed by atoms with van der Waals surface area (Å²) in [6.07, 6.45) is 3.65. The molecule has 3 aromatic heterocycles. The number of allylic oxidation sites excluding steroid dienone is 3. The lowest BCUT2D eigenvalue weighted by Gasteiger charge is -2.19. The Morgan fingerprint density at radius 1 is 0.875 bits per heavy atom. The van der Waals surface area contributed by atoms with Crippen LogP contribution in [0.5, 0.6) is 0 Å². The zero-order chi connectivity index (χ0) is 41.1. The van der Waals surface area contributed by atoms with Gasteiger partial charge in [0.15, 0.2) is 0 Å². The smallest absolute Gasteiger partial charge is 0.310 e. The molecule has 2 aliphatic rings. The predicted molar refractivity (Wildman–Crippen MR) is 218 cm³/mol. The van der Waals surface area contributed by atoms with Crippen molar-refractivity contribution >= 4 is 57.0 Å². The molecule has 5 heterocycles. The Morgan fingerprint density at radius 2 is 1.57 bits per heavy atom. The lowest BCUT2D eigenvalue weighted by molar-refractivity contribution is -0.154. The fourth-order valence-corrected chi connectivity index (χ4v) is 7.66. The number of esters is 3. The average Bonchev–Trinajstić information content (AvgIpc) is 3.82.